The van der Waals surface area contributed by atoms with Gasteiger partial charge in [-0.05, 0) is 39.8 Å². The van der Waals surface area contributed by atoms with Crippen LogP contribution < -0.4 is 10.6 Å². The van der Waals surface area contributed by atoms with Crippen molar-refractivity contribution in [2.75, 3.05) is 32.8 Å². The molecular formula is C12H24N2O3. The van der Waals surface area contributed by atoms with E-state index in [9.17, 15) is 4.79 Å². The van der Waals surface area contributed by atoms with Crippen molar-refractivity contribution in [2.24, 2.45) is 5.92 Å². The summed E-state index contributed by atoms with van der Waals surface area (Å²) >= 11 is 0. The van der Waals surface area contributed by atoms with E-state index in [1.807, 2.05) is 13.8 Å². The highest BCUT2D eigenvalue weighted by atomic mass is 16.7. The Labute approximate surface area is 103 Å². The third-order valence-corrected chi connectivity index (χ3v) is 2.86. The first-order chi connectivity index (χ1) is 8.27. The zero-order valence-corrected chi connectivity index (χ0v) is 10.8. The number of amides is 1. The van der Waals surface area contributed by atoms with Gasteiger partial charge in [0.2, 0.25) is 5.91 Å². The quantitative estimate of drug-likeness (QED) is 0.640. The Morgan fingerprint density at radius 3 is 2.41 bits per heavy atom. The molecule has 1 heterocycles. The molecule has 5 heteroatoms. The third-order valence-electron chi connectivity index (χ3n) is 2.86. The van der Waals surface area contributed by atoms with E-state index >= 15 is 0 Å². The zero-order valence-electron chi connectivity index (χ0n) is 10.8. The van der Waals surface area contributed by atoms with Crippen molar-refractivity contribution in [1.29, 1.82) is 0 Å². The Balaban J connectivity index is 2.24. The number of piperidine rings is 1. The Hall–Kier alpha value is -0.650. The maximum atomic E-state index is 11.9. The molecule has 1 aliphatic rings. The molecule has 1 rings (SSSR count). The first kappa shape index (κ1) is 14.4. The van der Waals surface area contributed by atoms with Crippen LogP contribution >= 0.6 is 0 Å². The van der Waals surface area contributed by atoms with Crippen molar-refractivity contribution in [1.82, 2.24) is 10.6 Å². The van der Waals surface area contributed by atoms with Gasteiger partial charge in [-0.25, -0.2) is 0 Å². The lowest BCUT2D eigenvalue weighted by molar-refractivity contribution is -0.142. The minimum Gasteiger partial charge on any atom is -0.351 e. The Morgan fingerprint density at radius 1 is 1.29 bits per heavy atom. The maximum Gasteiger partial charge on any atom is 0.223 e. The van der Waals surface area contributed by atoms with Gasteiger partial charge >= 0.3 is 0 Å². The van der Waals surface area contributed by atoms with Gasteiger partial charge in [-0.3, -0.25) is 4.79 Å². The number of ether oxygens (including phenoxy) is 2. The van der Waals surface area contributed by atoms with Crippen LogP contribution in [0, 0.1) is 5.92 Å². The largest absolute Gasteiger partial charge is 0.351 e. The third kappa shape index (κ3) is 5.48. The van der Waals surface area contributed by atoms with Gasteiger partial charge in [0.15, 0.2) is 6.29 Å². The van der Waals surface area contributed by atoms with Gasteiger partial charge in [0.1, 0.15) is 0 Å². The summed E-state index contributed by atoms with van der Waals surface area (Å²) in [6.45, 7) is 7.31. The van der Waals surface area contributed by atoms with Gasteiger partial charge in [0, 0.05) is 19.1 Å². The highest BCUT2D eigenvalue weighted by Crippen LogP contribution is 2.11. The molecule has 0 atom stereocenters. The second-order valence-corrected chi connectivity index (χ2v) is 4.11. The fraction of sp³-hybridized carbons (Fsp3) is 0.917. The highest BCUT2D eigenvalue weighted by molar-refractivity contribution is 5.78. The van der Waals surface area contributed by atoms with E-state index in [1.165, 1.54) is 0 Å². The topological polar surface area (TPSA) is 59.6 Å². The number of carbonyl (C=O) groups is 1. The molecule has 0 spiro atoms. The molecule has 0 aromatic heterocycles. The summed E-state index contributed by atoms with van der Waals surface area (Å²) in [5.41, 5.74) is 0. The average molecular weight is 244 g/mol. The molecule has 1 aliphatic heterocycles. The lowest BCUT2D eigenvalue weighted by Gasteiger charge is -2.23. The molecule has 0 bridgehead atoms. The monoisotopic (exact) mass is 244 g/mol. The molecule has 2 N–H and O–H groups in total. The highest BCUT2D eigenvalue weighted by Gasteiger charge is 2.21. The van der Waals surface area contributed by atoms with Crippen molar-refractivity contribution in [3.05, 3.63) is 0 Å². The number of carbonyl (C=O) groups excluding carboxylic acids is 1. The molecule has 0 unspecified atom stereocenters. The number of nitrogens with one attached hydrogen (secondary N) is 2. The number of hydrogen-bond acceptors (Lipinski definition) is 4. The van der Waals surface area contributed by atoms with Gasteiger partial charge in [0.05, 0.1) is 6.54 Å². The second-order valence-electron chi connectivity index (χ2n) is 4.11. The standard InChI is InChI=1S/C12H24N2O3/c1-3-16-11(17-4-2)9-14-12(15)10-5-7-13-8-6-10/h10-11,13H,3-9H2,1-2H3,(H,14,15). The van der Waals surface area contributed by atoms with Crippen LogP contribution in [0.4, 0.5) is 0 Å². The van der Waals surface area contributed by atoms with E-state index in [0.717, 1.165) is 25.9 Å². The number of rotatable bonds is 7. The van der Waals surface area contributed by atoms with Crippen LogP contribution in [-0.2, 0) is 14.3 Å². The molecule has 0 aromatic rings. The minimum atomic E-state index is -0.323. The second kappa shape index (κ2) is 8.44. The van der Waals surface area contributed by atoms with Crippen molar-refractivity contribution in [3.8, 4) is 0 Å². The smallest absolute Gasteiger partial charge is 0.223 e. The minimum absolute atomic E-state index is 0.121. The van der Waals surface area contributed by atoms with E-state index in [1.54, 1.807) is 0 Å². The predicted octanol–water partition coefficient (Wildman–Crippen LogP) is 0.501. The fourth-order valence-corrected chi connectivity index (χ4v) is 1.95. The first-order valence-corrected chi connectivity index (χ1v) is 6.49. The van der Waals surface area contributed by atoms with Crippen molar-refractivity contribution in [3.63, 3.8) is 0 Å². The summed E-state index contributed by atoms with van der Waals surface area (Å²) < 4.78 is 10.7. The Kier molecular flexibility index (Phi) is 7.16. The van der Waals surface area contributed by atoms with Gasteiger partial charge in [-0.2, -0.15) is 0 Å². The lowest BCUT2D eigenvalue weighted by Crippen LogP contribution is -2.42. The van der Waals surface area contributed by atoms with Crippen molar-refractivity contribution >= 4 is 5.91 Å². The van der Waals surface area contributed by atoms with Gasteiger partial charge in [-0.15, -0.1) is 0 Å². The van der Waals surface area contributed by atoms with E-state index in [4.69, 9.17) is 9.47 Å². The molecule has 0 radical (unpaired) electrons. The average Bonchev–Trinajstić information content (AvgIpc) is 2.37. The fourth-order valence-electron chi connectivity index (χ4n) is 1.95. The number of hydrogen-bond donors (Lipinski definition) is 2. The van der Waals surface area contributed by atoms with Crippen molar-refractivity contribution in [2.45, 2.75) is 33.0 Å². The van der Waals surface area contributed by atoms with Crippen LogP contribution in [0.15, 0.2) is 0 Å². The normalized spacial score (nSPS) is 17.4. The molecule has 1 amide bonds. The van der Waals surface area contributed by atoms with Crippen LogP contribution in [0.5, 0.6) is 0 Å². The van der Waals surface area contributed by atoms with E-state index in [2.05, 4.69) is 10.6 Å². The van der Waals surface area contributed by atoms with Crippen LogP contribution in [0.2, 0.25) is 0 Å². The summed E-state index contributed by atoms with van der Waals surface area (Å²) in [7, 11) is 0. The Morgan fingerprint density at radius 2 is 1.88 bits per heavy atom. The first-order valence-electron chi connectivity index (χ1n) is 6.49. The summed E-state index contributed by atoms with van der Waals surface area (Å²) in [6.07, 6.45) is 1.51. The molecule has 100 valence electrons. The van der Waals surface area contributed by atoms with Gasteiger partial charge in [0.25, 0.3) is 0 Å². The molecule has 0 saturated carbocycles. The summed E-state index contributed by atoms with van der Waals surface area (Å²) in [6, 6.07) is 0. The maximum absolute atomic E-state index is 11.9. The van der Waals surface area contributed by atoms with Gasteiger partial charge < -0.3 is 20.1 Å². The molecule has 0 aromatic carbocycles. The summed E-state index contributed by atoms with van der Waals surface area (Å²) in [5, 5.41) is 6.15. The van der Waals surface area contributed by atoms with E-state index in [-0.39, 0.29) is 18.1 Å². The zero-order chi connectivity index (χ0) is 12.5. The van der Waals surface area contributed by atoms with Crippen LogP contribution in [0.3, 0.4) is 0 Å². The molecule has 17 heavy (non-hydrogen) atoms. The van der Waals surface area contributed by atoms with Gasteiger partial charge in [-0.1, -0.05) is 0 Å². The van der Waals surface area contributed by atoms with E-state index in [0.29, 0.717) is 19.8 Å². The van der Waals surface area contributed by atoms with Crippen molar-refractivity contribution < 1.29 is 14.3 Å². The van der Waals surface area contributed by atoms with E-state index < -0.39 is 0 Å². The Bertz CT molecular complexity index is 212. The van der Waals surface area contributed by atoms with Crippen LogP contribution in [0.1, 0.15) is 26.7 Å². The summed E-state index contributed by atoms with van der Waals surface area (Å²) in [4.78, 5) is 11.9. The SMILES string of the molecule is CCOC(CNC(=O)C1CCNCC1)OCC. The molecule has 0 aliphatic carbocycles. The predicted molar refractivity (Wildman–Crippen MR) is 65.6 cm³/mol. The molecular weight excluding hydrogens is 220 g/mol. The molecule has 5 nitrogen and oxygen atoms in total. The molecule has 1 saturated heterocycles. The van der Waals surface area contributed by atoms with Crippen LogP contribution in [0.25, 0.3) is 0 Å². The molecule has 1 fully saturated rings. The van der Waals surface area contributed by atoms with Crippen LogP contribution in [-0.4, -0.2) is 45.0 Å². The lowest BCUT2D eigenvalue weighted by atomic mass is 9.97. The summed E-state index contributed by atoms with van der Waals surface area (Å²) in [5.74, 6) is 0.260.